The van der Waals surface area contributed by atoms with Crippen LogP contribution in [0.4, 0.5) is 0 Å². The van der Waals surface area contributed by atoms with Gasteiger partial charge in [0, 0.05) is 12.6 Å². The van der Waals surface area contributed by atoms with Gasteiger partial charge in [-0.05, 0) is 31.5 Å². The molecule has 0 fully saturated rings. The molecule has 0 spiro atoms. The van der Waals surface area contributed by atoms with Crippen LogP contribution in [0.5, 0.6) is 0 Å². The van der Waals surface area contributed by atoms with E-state index in [0.717, 1.165) is 30.7 Å². The number of pyridine rings is 1. The highest BCUT2D eigenvalue weighted by Gasteiger charge is 2.06. The summed E-state index contributed by atoms with van der Waals surface area (Å²) in [6.07, 6.45) is 5.28. The number of nitrogens with one attached hydrogen (secondary N) is 1. The van der Waals surface area contributed by atoms with Crippen molar-refractivity contribution < 1.29 is 4.79 Å². The molecule has 0 aliphatic rings. The van der Waals surface area contributed by atoms with E-state index in [1.54, 1.807) is 0 Å². The Hall–Kier alpha value is -1.95. The second-order valence-corrected chi connectivity index (χ2v) is 4.42. The Balaban J connectivity index is 1.80. The fourth-order valence-electron chi connectivity index (χ4n) is 1.88. The Bertz CT molecular complexity index is 537. The quantitative estimate of drug-likeness (QED) is 0.724. The van der Waals surface area contributed by atoms with E-state index in [2.05, 4.69) is 15.5 Å². The molecule has 0 saturated carbocycles. The van der Waals surface area contributed by atoms with Gasteiger partial charge in [0.1, 0.15) is 0 Å². The average Bonchev–Trinajstić information content (AvgIpc) is 2.85. The van der Waals surface area contributed by atoms with E-state index in [4.69, 9.17) is 5.73 Å². The van der Waals surface area contributed by atoms with Crippen LogP contribution >= 0.6 is 0 Å². The first kappa shape index (κ1) is 13.5. The van der Waals surface area contributed by atoms with Crippen molar-refractivity contribution in [2.24, 2.45) is 5.73 Å². The summed E-state index contributed by atoms with van der Waals surface area (Å²) in [5, 5.41) is 11.0. The maximum Gasteiger partial charge on any atom is 0.220 e. The van der Waals surface area contributed by atoms with Crippen LogP contribution in [0.3, 0.4) is 0 Å². The summed E-state index contributed by atoms with van der Waals surface area (Å²) >= 11 is 0. The molecule has 3 N–H and O–H groups in total. The molecule has 2 heterocycles. The van der Waals surface area contributed by atoms with E-state index < -0.39 is 0 Å². The lowest BCUT2D eigenvalue weighted by Crippen LogP contribution is -2.23. The van der Waals surface area contributed by atoms with Gasteiger partial charge in [-0.25, -0.2) is 0 Å². The van der Waals surface area contributed by atoms with Crippen molar-refractivity contribution in [2.45, 2.75) is 32.2 Å². The molecule has 2 aromatic rings. The van der Waals surface area contributed by atoms with Crippen molar-refractivity contribution in [1.82, 2.24) is 19.9 Å². The second-order valence-electron chi connectivity index (χ2n) is 4.42. The monoisotopic (exact) mass is 261 g/mol. The highest BCUT2D eigenvalue weighted by atomic mass is 16.1. The van der Waals surface area contributed by atoms with E-state index in [-0.39, 0.29) is 5.91 Å². The van der Waals surface area contributed by atoms with Gasteiger partial charge < -0.3 is 11.1 Å². The zero-order chi connectivity index (χ0) is 13.5. The summed E-state index contributed by atoms with van der Waals surface area (Å²) in [5.41, 5.74) is 6.19. The first-order valence-electron chi connectivity index (χ1n) is 6.56. The van der Waals surface area contributed by atoms with Crippen LogP contribution in [0.15, 0.2) is 24.4 Å². The molecule has 0 aromatic carbocycles. The van der Waals surface area contributed by atoms with E-state index in [0.29, 0.717) is 19.5 Å². The van der Waals surface area contributed by atoms with Gasteiger partial charge >= 0.3 is 0 Å². The van der Waals surface area contributed by atoms with Crippen LogP contribution in [0.2, 0.25) is 0 Å². The van der Waals surface area contributed by atoms with Crippen LogP contribution in [-0.4, -0.2) is 27.0 Å². The standard InChI is InChI=1S/C13H19N5O/c14-8-4-1-2-7-13(19)15-10-12-17-16-11-6-3-5-9-18(11)12/h3,5-6,9H,1-2,4,7-8,10,14H2,(H,15,19). The van der Waals surface area contributed by atoms with Gasteiger partial charge in [0.15, 0.2) is 11.5 Å². The summed E-state index contributed by atoms with van der Waals surface area (Å²) in [6, 6.07) is 5.70. The Kier molecular flexibility index (Phi) is 4.85. The number of carbonyl (C=O) groups excluding carboxylic acids is 1. The molecule has 0 saturated heterocycles. The average molecular weight is 261 g/mol. The van der Waals surface area contributed by atoms with Crippen LogP contribution in [-0.2, 0) is 11.3 Å². The van der Waals surface area contributed by atoms with Gasteiger partial charge in [0.2, 0.25) is 5.91 Å². The maximum absolute atomic E-state index is 11.6. The molecule has 0 radical (unpaired) electrons. The molecule has 0 atom stereocenters. The first-order valence-corrected chi connectivity index (χ1v) is 6.56. The summed E-state index contributed by atoms with van der Waals surface area (Å²) in [4.78, 5) is 11.6. The third kappa shape index (κ3) is 3.75. The Morgan fingerprint density at radius 1 is 1.26 bits per heavy atom. The summed E-state index contributed by atoms with van der Waals surface area (Å²) in [7, 11) is 0. The normalized spacial score (nSPS) is 10.8. The second kappa shape index (κ2) is 6.84. The van der Waals surface area contributed by atoms with E-state index >= 15 is 0 Å². The van der Waals surface area contributed by atoms with Gasteiger partial charge in [-0.15, -0.1) is 10.2 Å². The number of nitrogens with zero attached hydrogens (tertiary/aromatic N) is 3. The van der Waals surface area contributed by atoms with Crippen LogP contribution in [0.1, 0.15) is 31.5 Å². The first-order chi connectivity index (χ1) is 9.31. The van der Waals surface area contributed by atoms with Crippen molar-refractivity contribution >= 4 is 11.6 Å². The molecule has 2 aromatic heterocycles. The number of aromatic nitrogens is 3. The zero-order valence-electron chi connectivity index (χ0n) is 10.9. The summed E-state index contributed by atoms with van der Waals surface area (Å²) in [5.74, 6) is 0.788. The van der Waals surface area contributed by atoms with Crippen LogP contribution in [0, 0.1) is 0 Å². The topological polar surface area (TPSA) is 85.3 Å². The molecular formula is C13H19N5O. The molecule has 6 heteroatoms. The van der Waals surface area contributed by atoms with Gasteiger partial charge in [0.25, 0.3) is 0 Å². The highest BCUT2D eigenvalue weighted by molar-refractivity contribution is 5.75. The minimum absolute atomic E-state index is 0.0460. The van der Waals surface area contributed by atoms with Crippen molar-refractivity contribution in [3.8, 4) is 0 Å². The minimum atomic E-state index is 0.0460. The molecule has 0 unspecified atom stereocenters. The number of hydrogen-bond acceptors (Lipinski definition) is 4. The predicted molar refractivity (Wildman–Crippen MR) is 72.4 cm³/mol. The van der Waals surface area contributed by atoms with Crippen molar-refractivity contribution in [1.29, 1.82) is 0 Å². The lowest BCUT2D eigenvalue weighted by molar-refractivity contribution is -0.121. The molecule has 19 heavy (non-hydrogen) atoms. The van der Waals surface area contributed by atoms with E-state index in [1.165, 1.54) is 0 Å². The third-order valence-corrected chi connectivity index (χ3v) is 2.94. The molecule has 0 aliphatic carbocycles. The predicted octanol–water partition coefficient (Wildman–Crippen LogP) is 0.865. The molecule has 0 aliphatic heterocycles. The fraction of sp³-hybridized carbons (Fsp3) is 0.462. The summed E-state index contributed by atoms with van der Waals surface area (Å²) < 4.78 is 1.87. The zero-order valence-corrected chi connectivity index (χ0v) is 10.9. The SMILES string of the molecule is NCCCCCC(=O)NCc1nnc2ccccn12. The van der Waals surface area contributed by atoms with Gasteiger partial charge in [0.05, 0.1) is 6.54 Å². The fourth-order valence-corrected chi connectivity index (χ4v) is 1.88. The Morgan fingerprint density at radius 2 is 2.16 bits per heavy atom. The molecule has 0 bridgehead atoms. The minimum Gasteiger partial charge on any atom is -0.349 e. The number of amides is 1. The van der Waals surface area contributed by atoms with Gasteiger partial charge in [-0.3, -0.25) is 9.20 Å². The number of nitrogens with two attached hydrogens (primary N) is 1. The van der Waals surface area contributed by atoms with Crippen LogP contribution < -0.4 is 11.1 Å². The molecular weight excluding hydrogens is 242 g/mol. The number of hydrogen-bond donors (Lipinski definition) is 2. The largest absolute Gasteiger partial charge is 0.349 e. The smallest absolute Gasteiger partial charge is 0.220 e. The molecule has 6 nitrogen and oxygen atoms in total. The van der Waals surface area contributed by atoms with E-state index in [1.807, 2.05) is 28.8 Å². The van der Waals surface area contributed by atoms with E-state index in [9.17, 15) is 4.79 Å². The van der Waals surface area contributed by atoms with Crippen molar-refractivity contribution in [2.75, 3.05) is 6.54 Å². The van der Waals surface area contributed by atoms with Crippen molar-refractivity contribution in [3.63, 3.8) is 0 Å². The molecule has 1 amide bonds. The Labute approximate surface area is 112 Å². The van der Waals surface area contributed by atoms with Gasteiger partial charge in [-0.2, -0.15) is 0 Å². The van der Waals surface area contributed by atoms with Crippen molar-refractivity contribution in [3.05, 3.63) is 30.2 Å². The number of unbranched alkanes of at least 4 members (excludes halogenated alkanes) is 2. The third-order valence-electron chi connectivity index (χ3n) is 2.94. The molecule has 102 valence electrons. The number of rotatable bonds is 7. The lowest BCUT2D eigenvalue weighted by atomic mass is 10.2. The summed E-state index contributed by atoms with van der Waals surface area (Å²) in [6.45, 7) is 1.09. The number of fused-ring (bicyclic) bond motifs is 1. The highest BCUT2D eigenvalue weighted by Crippen LogP contribution is 2.03. The molecule has 2 rings (SSSR count). The van der Waals surface area contributed by atoms with Gasteiger partial charge in [-0.1, -0.05) is 12.5 Å². The lowest BCUT2D eigenvalue weighted by Gasteiger charge is -2.04. The number of carbonyl (C=O) groups is 1. The van der Waals surface area contributed by atoms with Crippen LogP contribution in [0.25, 0.3) is 5.65 Å². The maximum atomic E-state index is 11.6. The Morgan fingerprint density at radius 3 is 3.00 bits per heavy atom.